The van der Waals surface area contributed by atoms with Crippen molar-refractivity contribution in [2.24, 2.45) is 0 Å². The molecule has 1 fully saturated rings. The smallest absolute Gasteiger partial charge is 0.179 e. The lowest BCUT2D eigenvalue weighted by molar-refractivity contribution is 0.122. The van der Waals surface area contributed by atoms with Crippen LogP contribution in [0.4, 0.5) is 5.82 Å². The Morgan fingerprint density at radius 2 is 1.76 bits per heavy atom. The van der Waals surface area contributed by atoms with E-state index in [-0.39, 0.29) is 0 Å². The first kappa shape index (κ1) is 15.8. The first-order valence-electron chi connectivity index (χ1n) is 8.39. The van der Waals surface area contributed by atoms with Crippen LogP contribution >= 0.6 is 0 Å². The molecule has 1 saturated heterocycles. The van der Waals surface area contributed by atoms with E-state index < -0.39 is 0 Å². The Morgan fingerprint density at radius 1 is 1.04 bits per heavy atom. The lowest BCUT2D eigenvalue weighted by Crippen LogP contribution is -2.37. The summed E-state index contributed by atoms with van der Waals surface area (Å²) < 4.78 is 12.6. The van der Waals surface area contributed by atoms with Gasteiger partial charge in [0.1, 0.15) is 11.3 Å². The molecule has 7 nitrogen and oxygen atoms in total. The summed E-state index contributed by atoms with van der Waals surface area (Å²) in [5.74, 6) is 1.66. The van der Waals surface area contributed by atoms with Gasteiger partial charge in [0.05, 0.1) is 42.8 Å². The van der Waals surface area contributed by atoms with Gasteiger partial charge in [-0.3, -0.25) is 0 Å². The minimum atomic E-state index is 0.704. The summed E-state index contributed by atoms with van der Waals surface area (Å²) >= 11 is 0. The molecular weight excluding hydrogens is 318 g/mol. The summed E-state index contributed by atoms with van der Waals surface area (Å²) in [4.78, 5) is 2.20. The number of aryl methyl sites for hydroxylation is 2. The van der Waals surface area contributed by atoms with E-state index in [1.54, 1.807) is 7.11 Å². The van der Waals surface area contributed by atoms with Crippen molar-refractivity contribution in [3.05, 3.63) is 35.7 Å². The molecule has 25 heavy (non-hydrogen) atoms. The molecule has 1 aromatic carbocycles. The summed E-state index contributed by atoms with van der Waals surface area (Å²) in [7, 11) is 1.66. The molecule has 3 aromatic rings. The van der Waals surface area contributed by atoms with Gasteiger partial charge < -0.3 is 14.4 Å². The van der Waals surface area contributed by atoms with Crippen LogP contribution in [-0.4, -0.2) is 53.4 Å². The van der Waals surface area contributed by atoms with Gasteiger partial charge >= 0.3 is 0 Å². The lowest BCUT2D eigenvalue weighted by atomic mass is 10.2. The van der Waals surface area contributed by atoms with Crippen LogP contribution in [0.1, 0.15) is 11.4 Å². The van der Waals surface area contributed by atoms with Crippen LogP contribution in [-0.2, 0) is 4.74 Å². The summed E-state index contributed by atoms with van der Waals surface area (Å²) in [6.07, 6.45) is 0. The Balaban J connectivity index is 1.86. The van der Waals surface area contributed by atoms with Crippen molar-refractivity contribution in [2.75, 3.05) is 38.3 Å². The zero-order valence-electron chi connectivity index (χ0n) is 14.7. The Hall–Kier alpha value is -2.67. The summed E-state index contributed by atoms with van der Waals surface area (Å²) in [6.45, 7) is 7.07. The third-order valence-electron chi connectivity index (χ3n) is 4.61. The normalized spacial score (nSPS) is 14.9. The van der Waals surface area contributed by atoms with Gasteiger partial charge in [0.15, 0.2) is 5.82 Å². The lowest BCUT2D eigenvalue weighted by Gasteiger charge is -2.27. The molecule has 0 radical (unpaired) electrons. The summed E-state index contributed by atoms with van der Waals surface area (Å²) in [6, 6.07) is 7.88. The van der Waals surface area contributed by atoms with Crippen LogP contribution in [0.15, 0.2) is 24.3 Å². The molecule has 0 atom stereocenters. The van der Waals surface area contributed by atoms with Crippen molar-refractivity contribution in [1.82, 2.24) is 20.0 Å². The maximum atomic E-state index is 5.45. The van der Waals surface area contributed by atoms with E-state index in [2.05, 4.69) is 22.0 Å². The van der Waals surface area contributed by atoms with Gasteiger partial charge in [-0.05, 0) is 38.1 Å². The van der Waals surface area contributed by atoms with E-state index in [4.69, 9.17) is 14.6 Å². The highest BCUT2D eigenvalue weighted by Crippen LogP contribution is 2.29. The molecule has 3 heterocycles. The third-order valence-corrected chi connectivity index (χ3v) is 4.61. The molecule has 2 aromatic heterocycles. The molecule has 0 bridgehead atoms. The molecule has 1 aliphatic rings. The van der Waals surface area contributed by atoms with Crippen LogP contribution in [0, 0.1) is 13.8 Å². The van der Waals surface area contributed by atoms with Crippen LogP contribution in [0.25, 0.3) is 16.6 Å². The number of rotatable bonds is 3. The van der Waals surface area contributed by atoms with E-state index in [0.29, 0.717) is 13.2 Å². The topological polar surface area (TPSA) is 65.3 Å². The van der Waals surface area contributed by atoms with Crippen LogP contribution in [0.2, 0.25) is 0 Å². The number of fused-ring (bicyclic) bond motifs is 1. The standard InChI is InChI=1S/C18H21N5O2/c1-12-16-13(2)23(14-4-6-15(24-3)7-5-14)21-17(16)18(20-19-12)22-8-10-25-11-9-22/h4-7H,8-11H2,1-3H3. The minimum Gasteiger partial charge on any atom is -0.497 e. The Kier molecular flexibility index (Phi) is 4.01. The quantitative estimate of drug-likeness (QED) is 0.729. The number of ether oxygens (including phenoxy) is 2. The fourth-order valence-corrected chi connectivity index (χ4v) is 3.27. The maximum absolute atomic E-state index is 5.45. The average Bonchev–Trinajstić information content (AvgIpc) is 3.01. The van der Waals surface area contributed by atoms with Crippen LogP contribution < -0.4 is 9.64 Å². The number of methoxy groups -OCH3 is 1. The number of hydrogen-bond donors (Lipinski definition) is 0. The van der Waals surface area contributed by atoms with Gasteiger partial charge in [0.25, 0.3) is 0 Å². The third kappa shape index (κ3) is 2.70. The molecule has 0 unspecified atom stereocenters. The van der Waals surface area contributed by atoms with Crippen molar-refractivity contribution in [1.29, 1.82) is 0 Å². The highest BCUT2D eigenvalue weighted by molar-refractivity contribution is 5.92. The van der Waals surface area contributed by atoms with Crippen molar-refractivity contribution >= 4 is 16.7 Å². The van der Waals surface area contributed by atoms with Crippen LogP contribution in [0.5, 0.6) is 5.75 Å². The molecule has 4 rings (SSSR count). The van der Waals surface area contributed by atoms with E-state index >= 15 is 0 Å². The molecule has 0 saturated carbocycles. The maximum Gasteiger partial charge on any atom is 0.179 e. The first-order chi connectivity index (χ1) is 12.2. The molecule has 130 valence electrons. The second kappa shape index (κ2) is 6.33. The number of nitrogens with zero attached hydrogens (tertiary/aromatic N) is 5. The molecule has 0 aliphatic carbocycles. The molecule has 1 aliphatic heterocycles. The van der Waals surface area contributed by atoms with E-state index in [0.717, 1.165) is 52.6 Å². The average molecular weight is 339 g/mol. The van der Waals surface area contributed by atoms with Crippen molar-refractivity contribution < 1.29 is 9.47 Å². The number of benzene rings is 1. The molecule has 7 heteroatoms. The predicted molar refractivity (Wildman–Crippen MR) is 95.7 cm³/mol. The Morgan fingerprint density at radius 3 is 2.44 bits per heavy atom. The van der Waals surface area contributed by atoms with Crippen molar-refractivity contribution in [3.8, 4) is 11.4 Å². The highest BCUT2D eigenvalue weighted by Gasteiger charge is 2.22. The van der Waals surface area contributed by atoms with Gasteiger partial charge in [0, 0.05) is 13.1 Å². The van der Waals surface area contributed by atoms with Crippen molar-refractivity contribution in [3.63, 3.8) is 0 Å². The Bertz CT molecular complexity index is 898. The monoisotopic (exact) mass is 339 g/mol. The molecular formula is C18H21N5O2. The Labute approximate surface area is 146 Å². The predicted octanol–water partition coefficient (Wildman–Crippen LogP) is 2.28. The first-order valence-corrected chi connectivity index (χ1v) is 8.39. The highest BCUT2D eigenvalue weighted by atomic mass is 16.5. The SMILES string of the molecule is COc1ccc(-n2nc3c(N4CCOCC4)nnc(C)c3c2C)cc1. The second-order valence-corrected chi connectivity index (χ2v) is 6.13. The number of morpholine rings is 1. The van der Waals surface area contributed by atoms with Gasteiger partial charge in [-0.2, -0.15) is 10.2 Å². The molecule has 0 N–H and O–H groups in total. The van der Waals surface area contributed by atoms with Gasteiger partial charge in [-0.15, -0.1) is 5.10 Å². The molecule has 0 spiro atoms. The number of anilines is 1. The van der Waals surface area contributed by atoms with Crippen LogP contribution in [0.3, 0.4) is 0 Å². The summed E-state index contributed by atoms with van der Waals surface area (Å²) in [5, 5.41) is 14.7. The van der Waals surface area contributed by atoms with Crippen molar-refractivity contribution in [2.45, 2.75) is 13.8 Å². The second-order valence-electron chi connectivity index (χ2n) is 6.13. The van der Waals surface area contributed by atoms with E-state index in [1.165, 1.54) is 0 Å². The van der Waals surface area contributed by atoms with Gasteiger partial charge in [-0.1, -0.05) is 0 Å². The minimum absolute atomic E-state index is 0.704. The fraction of sp³-hybridized carbons (Fsp3) is 0.389. The van der Waals surface area contributed by atoms with Gasteiger partial charge in [-0.25, -0.2) is 4.68 Å². The van der Waals surface area contributed by atoms with Gasteiger partial charge in [0.2, 0.25) is 0 Å². The number of aromatic nitrogens is 4. The number of hydrogen-bond acceptors (Lipinski definition) is 6. The largest absolute Gasteiger partial charge is 0.497 e. The summed E-state index contributed by atoms with van der Waals surface area (Å²) in [5.41, 5.74) is 3.83. The van der Waals surface area contributed by atoms with E-state index in [9.17, 15) is 0 Å². The zero-order chi connectivity index (χ0) is 17.4. The zero-order valence-corrected chi connectivity index (χ0v) is 14.7. The van der Waals surface area contributed by atoms with E-state index in [1.807, 2.05) is 35.9 Å². The molecule has 0 amide bonds. The fourth-order valence-electron chi connectivity index (χ4n) is 3.27.